The third kappa shape index (κ3) is 3.41. The van der Waals surface area contributed by atoms with E-state index in [1.54, 1.807) is 25.6 Å². The minimum Gasteiger partial charge on any atom is -0.493 e. The predicted molar refractivity (Wildman–Crippen MR) is 120 cm³/mol. The van der Waals surface area contributed by atoms with E-state index in [1.807, 2.05) is 24.3 Å². The molecule has 2 bridgehead atoms. The number of aromatic amines is 1. The highest BCUT2D eigenvalue weighted by Gasteiger charge is 2.33. The van der Waals surface area contributed by atoms with Gasteiger partial charge in [0.1, 0.15) is 12.4 Å². The zero-order valence-electron chi connectivity index (χ0n) is 16.9. The van der Waals surface area contributed by atoms with Crippen LogP contribution in [0.1, 0.15) is 28.4 Å². The minimum absolute atomic E-state index is 0.128. The lowest BCUT2D eigenvalue weighted by Crippen LogP contribution is -2.34. The number of H-pyrrole nitrogens is 1. The summed E-state index contributed by atoms with van der Waals surface area (Å²) in [5, 5.41) is 6.91. The molecule has 0 radical (unpaired) electrons. The van der Waals surface area contributed by atoms with Crippen molar-refractivity contribution in [3.63, 3.8) is 0 Å². The molecule has 158 valence electrons. The molecule has 1 amide bonds. The molecule has 2 aromatic heterocycles. The molecule has 2 aliphatic rings. The molecule has 4 heterocycles. The monoisotopic (exact) mass is 436 g/mol. The van der Waals surface area contributed by atoms with E-state index in [4.69, 9.17) is 21.1 Å². The number of methoxy groups -OCH3 is 1. The Morgan fingerprint density at radius 2 is 2.19 bits per heavy atom. The number of benzene rings is 1. The van der Waals surface area contributed by atoms with E-state index in [9.17, 15) is 4.79 Å². The van der Waals surface area contributed by atoms with Gasteiger partial charge in [0.15, 0.2) is 5.75 Å². The molecule has 5 rings (SSSR count). The van der Waals surface area contributed by atoms with Crippen molar-refractivity contribution in [2.24, 2.45) is 0 Å². The number of pyridine rings is 1. The summed E-state index contributed by atoms with van der Waals surface area (Å²) in [6.07, 6.45) is 8.25. The maximum atomic E-state index is 13.0. The van der Waals surface area contributed by atoms with Crippen LogP contribution in [0, 0.1) is 0 Å². The normalized spacial score (nSPS) is 18.1. The van der Waals surface area contributed by atoms with Crippen LogP contribution in [0.25, 0.3) is 11.3 Å². The first kappa shape index (κ1) is 19.5. The van der Waals surface area contributed by atoms with E-state index in [-0.39, 0.29) is 11.8 Å². The van der Waals surface area contributed by atoms with E-state index >= 15 is 0 Å². The molecule has 3 N–H and O–H groups in total. The van der Waals surface area contributed by atoms with Crippen molar-refractivity contribution in [3.05, 3.63) is 65.1 Å². The van der Waals surface area contributed by atoms with Gasteiger partial charge >= 0.3 is 0 Å². The summed E-state index contributed by atoms with van der Waals surface area (Å²) in [4.78, 5) is 20.7. The van der Waals surface area contributed by atoms with Crippen LogP contribution >= 0.6 is 11.6 Å². The highest BCUT2D eigenvalue weighted by Crippen LogP contribution is 2.45. The summed E-state index contributed by atoms with van der Waals surface area (Å²) in [5.41, 5.74) is 4.37. The molecule has 0 unspecified atom stereocenters. The molecular formula is C23H21ClN4O3. The highest BCUT2D eigenvalue weighted by molar-refractivity contribution is 6.32. The van der Waals surface area contributed by atoms with E-state index in [2.05, 4.69) is 26.7 Å². The highest BCUT2D eigenvalue weighted by atomic mass is 35.5. The molecule has 2 aliphatic heterocycles. The van der Waals surface area contributed by atoms with Gasteiger partial charge in [-0.25, -0.2) is 0 Å². The minimum atomic E-state index is -0.130. The number of anilines is 2. The number of carbonyl (C=O) groups is 1. The first-order valence-electron chi connectivity index (χ1n) is 10.0. The number of nitrogens with zero attached hydrogens (tertiary/aromatic N) is 1. The summed E-state index contributed by atoms with van der Waals surface area (Å²) < 4.78 is 11.5. The van der Waals surface area contributed by atoms with Gasteiger partial charge in [-0.1, -0.05) is 29.8 Å². The molecule has 0 saturated heterocycles. The van der Waals surface area contributed by atoms with Gasteiger partial charge in [0, 0.05) is 29.9 Å². The number of allylic oxidation sites excluding steroid dienone is 1. The number of hydrogen-bond donors (Lipinski definition) is 3. The molecule has 3 aromatic rings. The predicted octanol–water partition coefficient (Wildman–Crippen LogP) is 4.65. The Morgan fingerprint density at radius 3 is 3.06 bits per heavy atom. The summed E-state index contributed by atoms with van der Waals surface area (Å²) in [6.45, 7) is 1.02. The van der Waals surface area contributed by atoms with Crippen molar-refractivity contribution in [2.45, 2.75) is 12.3 Å². The number of amides is 1. The lowest BCUT2D eigenvalue weighted by molar-refractivity contribution is 0.0941. The SMILES string of the molecule is COc1c(Cl)cccc1Nc1c2[nH]c3c1C(=O)NC[C@H]3C/C=C\COc1cnccc1-2. The van der Waals surface area contributed by atoms with Crippen LogP contribution in [-0.4, -0.2) is 36.1 Å². The first-order valence-corrected chi connectivity index (χ1v) is 10.4. The molecule has 0 spiro atoms. The average Bonchev–Trinajstić information content (AvgIpc) is 3.13. The third-order valence-electron chi connectivity index (χ3n) is 5.58. The maximum absolute atomic E-state index is 13.0. The van der Waals surface area contributed by atoms with Crippen LogP contribution < -0.4 is 20.1 Å². The van der Waals surface area contributed by atoms with Crippen molar-refractivity contribution in [2.75, 3.05) is 25.6 Å². The van der Waals surface area contributed by atoms with E-state index in [1.165, 1.54) is 0 Å². The number of rotatable bonds is 3. The fourth-order valence-corrected chi connectivity index (χ4v) is 4.36. The molecule has 0 fully saturated rings. The van der Waals surface area contributed by atoms with E-state index < -0.39 is 0 Å². The van der Waals surface area contributed by atoms with Gasteiger partial charge in [-0.3, -0.25) is 9.78 Å². The Kier molecular flexibility index (Phi) is 5.03. The van der Waals surface area contributed by atoms with Gasteiger partial charge in [-0.2, -0.15) is 0 Å². The number of halogens is 1. The smallest absolute Gasteiger partial charge is 0.255 e. The Balaban J connectivity index is 1.75. The van der Waals surface area contributed by atoms with Crippen LogP contribution in [0.5, 0.6) is 11.5 Å². The van der Waals surface area contributed by atoms with E-state index in [0.717, 1.165) is 23.4 Å². The number of fused-ring (bicyclic) bond motifs is 3. The van der Waals surface area contributed by atoms with Crippen LogP contribution in [-0.2, 0) is 0 Å². The Bertz CT molecular complexity index is 1190. The molecule has 8 heteroatoms. The zero-order valence-corrected chi connectivity index (χ0v) is 17.6. The Labute approximate surface area is 184 Å². The number of ether oxygens (including phenoxy) is 2. The van der Waals surface area contributed by atoms with Crippen molar-refractivity contribution < 1.29 is 14.3 Å². The molecule has 0 aliphatic carbocycles. The second kappa shape index (κ2) is 8.00. The summed E-state index contributed by atoms with van der Waals surface area (Å²) in [7, 11) is 1.57. The number of aromatic nitrogens is 2. The lowest BCUT2D eigenvalue weighted by atomic mass is 9.93. The van der Waals surface area contributed by atoms with Crippen molar-refractivity contribution in [3.8, 4) is 22.8 Å². The fourth-order valence-electron chi connectivity index (χ4n) is 4.11. The molecule has 1 atom stereocenters. The summed E-state index contributed by atoms with van der Waals surface area (Å²) in [6, 6.07) is 7.33. The van der Waals surface area contributed by atoms with E-state index in [0.29, 0.717) is 46.6 Å². The van der Waals surface area contributed by atoms with Crippen LogP contribution in [0.2, 0.25) is 5.02 Å². The van der Waals surface area contributed by atoms with Gasteiger partial charge in [-0.05, 0) is 24.6 Å². The van der Waals surface area contributed by atoms with Gasteiger partial charge < -0.3 is 25.1 Å². The maximum Gasteiger partial charge on any atom is 0.255 e. The Hall–Kier alpha value is -3.45. The molecule has 31 heavy (non-hydrogen) atoms. The summed E-state index contributed by atoms with van der Waals surface area (Å²) >= 11 is 6.33. The number of carbonyl (C=O) groups excluding carboxylic acids is 1. The molecule has 1 aromatic carbocycles. The number of nitrogens with one attached hydrogen (secondary N) is 3. The molecule has 0 saturated carbocycles. The zero-order chi connectivity index (χ0) is 21.4. The topological polar surface area (TPSA) is 88.3 Å². The van der Waals surface area contributed by atoms with Crippen LogP contribution in [0.15, 0.2) is 48.8 Å². The van der Waals surface area contributed by atoms with Gasteiger partial charge in [0.2, 0.25) is 0 Å². The quantitative estimate of drug-likeness (QED) is 0.520. The van der Waals surface area contributed by atoms with Crippen molar-refractivity contribution in [1.82, 2.24) is 15.3 Å². The van der Waals surface area contributed by atoms with Crippen molar-refractivity contribution in [1.29, 1.82) is 0 Å². The second-order valence-electron chi connectivity index (χ2n) is 7.41. The molecule has 7 nitrogen and oxygen atoms in total. The first-order chi connectivity index (χ1) is 15.2. The largest absolute Gasteiger partial charge is 0.493 e. The number of hydrogen-bond acceptors (Lipinski definition) is 5. The standard InChI is InChI=1S/C23H21ClN4O3/c1-30-22-15(24)6-4-7-16(22)27-21-18-19-13(11-26-23(18)29)5-2-3-10-31-17-12-25-9-8-14(17)20(21)28-19/h2-4,6-9,12-13,27-28H,5,10-11H2,1H3,(H,26,29)/b3-2-/t13-/m1/s1. The third-order valence-corrected chi connectivity index (χ3v) is 5.88. The molecular weight excluding hydrogens is 416 g/mol. The second-order valence-corrected chi connectivity index (χ2v) is 7.81. The summed E-state index contributed by atoms with van der Waals surface area (Å²) in [5.74, 6) is 1.14. The van der Waals surface area contributed by atoms with Gasteiger partial charge in [0.25, 0.3) is 5.91 Å². The van der Waals surface area contributed by atoms with Gasteiger partial charge in [0.05, 0.1) is 41.0 Å². The van der Waals surface area contributed by atoms with Crippen LogP contribution in [0.4, 0.5) is 11.4 Å². The van der Waals surface area contributed by atoms with Gasteiger partial charge in [-0.15, -0.1) is 0 Å². The Morgan fingerprint density at radius 1 is 1.29 bits per heavy atom. The lowest BCUT2D eigenvalue weighted by Gasteiger charge is -2.23. The average molecular weight is 437 g/mol. The van der Waals surface area contributed by atoms with Crippen molar-refractivity contribution >= 4 is 28.9 Å². The number of para-hydroxylation sites is 1. The fraction of sp³-hybridized carbons (Fsp3) is 0.217. The van der Waals surface area contributed by atoms with Crippen LogP contribution in [0.3, 0.4) is 0 Å².